The third-order valence-corrected chi connectivity index (χ3v) is 3.93. The number of nitrogens with zero attached hydrogens (tertiary/aromatic N) is 1. The van der Waals surface area contributed by atoms with Gasteiger partial charge in [-0.05, 0) is 37.8 Å². The fourth-order valence-corrected chi connectivity index (χ4v) is 2.67. The van der Waals surface area contributed by atoms with E-state index < -0.39 is 12.1 Å². The first-order chi connectivity index (χ1) is 11.2. The average molecular weight is 319 g/mol. The summed E-state index contributed by atoms with van der Waals surface area (Å²) >= 11 is 0. The molecule has 2 rings (SSSR count). The second kappa shape index (κ2) is 9.15. The van der Waals surface area contributed by atoms with Crippen molar-refractivity contribution in [2.75, 3.05) is 19.6 Å². The van der Waals surface area contributed by atoms with Crippen LogP contribution in [0.1, 0.15) is 31.2 Å². The predicted octanol–water partition coefficient (Wildman–Crippen LogP) is 1.64. The molecule has 2 amide bonds. The van der Waals surface area contributed by atoms with Gasteiger partial charge in [-0.1, -0.05) is 30.3 Å². The number of nitrogens with one attached hydrogen (secondary N) is 1. The van der Waals surface area contributed by atoms with E-state index in [-0.39, 0.29) is 12.5 Å². The lowest BCUT2D eigenvalue weighted by atomic mass is 10.1. The van der Waals surface area contributed by atoms with Gasteiger partial charge in [0.15, 0.2) is 0 Å². The van der Waals surface area contributed by atoms with Gasteiger partial charge < -0.3 is 20.7 Å². The number of likely N-dealkylation sites (tertiary alicyclic amines) is 1. The molecule has 1 fully saturated rings. The highest BCUT2D eigenvalue weighted by molar-refractivity contribution is 5.85. The third kappa shape index (κ3) is 5.56. The van der Waals surface area contributed by atoms with Gasteiger partial charge in [0, 0.05) is 13.1 Å². The van der Waals surface area contributed by atoms with Crippen molar-refractivity contribution in [3.05, 3.63) is 35.9 Å². The minimum Gasteiger partial charge on any atom is -0.445 e. The number of benzene rings is 1. The molecular formula is C17H25N3O3. The van der Waals surface area contributed by atoms with Crippen LogP contribution in [0.5, 0.6) is 0 Å². The lowest BCUT2D eigenvalue weighted by Crippen LogP contribution is -2.50. The molecule has 1 aromatic rings. The maximum absolute atomic E-state index is 12.5. The van der Waals surface area contributed by atoms with E-state index in [1.54, 1.807) is 4.90 Å². The number of alkyl carbamates (subject to hydrolysis) is 1. The smallest absolute Gasteiger partial charge is 0.408 e. The summed E-state index contributed by atoms with van der Waals surface area (Å²) in [7, 11) is 0. The molecule has 0 aliphatic carbocycles. The van der Waals surface area contributed by atoms with Crippen molar-refractivity contribution in [2.45, 2.75) is 38.3 Å². The van der Waals surface area contributed by atoms with Crippen molar-refractivity contribution in [2.24, 2.45) is 5.73 Å². The zero-order valence-corrected chi connectivity index (χ0v) is 13.4. The highest BCUT2D eigenvalue weighted by Crippen LogP contribution is 2.11. The maximum Gasteiger partial charge on any atom is 0.408 e. The Hall–Kier alpha value is -2.08. The Balaban J connectivity index is 1.84. The van der Waals surface area contributed by atoms with Crippen LogP contribution >= 0.6 is 0 Å². The summed E-state index contributed by atoms with van der Waals surface area (Å²) in [5.74, 6) is -0.0631. The topological polar surface area (TPSA) is 84.7 Å². The quantitative estimate of drug-likeness (QED) is 0.835. The van der Waals surface area contributed by atoms with Crippen molar-refractivity contribution in [3.8, 4) is 0 Å². The van der Waals surface area contributed by atoms with Gasteiger partial charge in [0.1, 0.15) is 12.6 Å². The number of rotatable bonds is 6. The largest absolute Gasteiger partial charge is 0.445 e. The van der Waals surface area contributed by atoms with Gasteiger partial charge in [-0.2, -0.15) is 0 Å². The monoisotopic (exact) mass is 319 g/mol. The number of hydrogen-bond donors (Lipinski definition) is 2. The summed E-state index contributed by atoms with van der Waals surface area (Å²) in [5, 5.41) is 2.65. The zero-order chi connectivity index (χ0) is 16.5. The first kappa shape index (κ1) is 17.3. The summed E-state index contributed by atoms with van der Waals surface area (Å²) in [6, 6.07) is 8.81. The van der Waals surface area contributed by atoms with Gasteiger partial charge in [0.05, 0.1) is 0 Å². The molecule has 1 heterocycles. The average Bonchev–Trinajstić information content (AvgIpc) is 2.60. The fraction of sp³-hybridized carbons (Fsp3) is 0.529. The maximum atomic E-state index is 12.5. The van der Waals surface area contributed by atoms with Crippen molar-refractivity contribution in [1.82, 2.24) is 10.2 Å². The van der Waals surface area contributed by atoms with Gasteiger partial charge in [-0.15, -0.1) is 0 Å². The van der Waals surface area contributed by atoms with E-state index >= 15 is 0 Å². The molecule has 0 saturated carbocycles. The van der Waals surface area contributed by atoms with Gasteiger partial charge in [0.2, 0.25) is 5.91 Å². The van der Waals surface area contributed by atoms with Gasteiger partial charge in [0.25, 0.3) is 0 Å². The van der Waals surface area contributed by atoms with Crippen LogP contribution in [0.4, 0.5) is 4.79 Å². The van der Waals surface area contributed by atoms with Crippen molar-refractivity contribution >= 4 is 12.0 Å². The van der Waals surface area contributed by atoms with E-state index in [1.165, 1.54) is 0 Å². The molecule has 1 aromatic carbocycles. The van der Waals surface area contributed by atoms with Crippen molar-refractivity contribution in [1.29, 1.82) is 0 Å². The molecular weight excluding hydrogens is 294 g/mol. The van der Waals surface area contributed by atoms with E-state index in [4.69, 9.17) is 10.5 Å². The number of nitrogens with two attached hydrogens (primary N) is 1. The number of piperidine rings is 1. The second-order valence-electron chi connectivity index (χ2n) is 5.72. The summed E-state index contributed by atoms with van der Waals surface area (Å²) in [6.07, 6.45) is 3.00. The lowest BCUT2D eigenvalue weighted by Gasteiger charge is -2.30. The Morgan fingerprint density at radius 2 is 1.87 bits per heavy atom. The minimum atomic E-state index is -0.610. The first-order valence-electron chi connectivity index (χ1n) is 8.17. The molecule has 3 N–H and O–H groups in total. The molecule has 1 aliphatic rings. The molecule has 0 bridgehead atoms. The fourth-order valence-electron chi connectivity index (χ4n) is 2.67. The molecule has 6 heteroatoms. The summed E-state index contributed by atoms with van der Waals surface area (Å²) in [4.78, 5) is 26.2. The van der Waals surface area contributed by atoms with Crippen LogP contribution in [0.3, 0.4) is 0 Å². The number of ether oxygens (including phenoxy) is 1. The van der Waals surface area contributed by atoms with Gasteiger partial charge in [-0.25, -0.2) is 4.79 Å². The highest BCUT2D eigenvalue weighted by Gasteiger charge is 2.26. The Morgan fingerprint density at radius 3 is 2.52 bits per heavy atom. The van der Waals surface area contributed by atoms with E-state index in [9.17, 15) is 9.59 Å². The van der Waals surface area contributed by atoms with Gasteiger partial charge >= 0.3 is 6.09 Å². The van der Waals surface area contributed by atoms with Crippen LogP contribution in [-0.2, 0) is 16.1 Å². The second-order valence-corrected chi connectivity index (χ2v) is 5.72. The first-order valence-corrected chi connectivity index (χ1v) is 8.17. The van der Waals surface area contributed by atoms with Crippen LogP contribution in [0.25, 0.3) is 0 Å². The SMILES string of the molecule is NCC[C@H](NC(=O)OCc1ccccc1)C(=O)N1CCCCC1. The standard InChI is InChI=1S/C17H25N3O3/c18-10-9-15(16(21)20-11-5-2-6-12-20)19-17(22)23-13-14-7-3-1-4-8-14/h1,3-4,7-8,15H,2,5-6,9-13,18H2,(H,19,22)/t15-/m0/s1. The summed E-state index contributed by atoms with van der Waals surface area (Å²) in [6.45, 7) is 2.02. The molecule has 0 unspecified atom stereocenters. The van der Waals surface area contributed by atoms with Crippen molar-refractivity contribution in [3.63, 3.8) is 0 Å². The lowest BCUT2D eigenvalue weighted by molar-refractivity contribution is -0.134. The number of amides is 2. The van der Waals surface area contributed by atoms with E-state index in [1.807, 2.05) is 30.3 Å². The summed E-state index contributed by atoms with van der Waals surface area (Å²) in [5.41, 5.74) is 6.48. The number of carbonyl (C=O) groups is 2. The van der Waals surface area contributed by atoms with E-state index in [2.05, 4.69) is 5.32 Å². The highest BCUT2D eigenvalue weighted by atomic mass is 16.5. The number of hydrogen-bond acceptors (Lipinski definition) is 4. The summed E-state index contributed by atoms with van der Waals surface area (Å²) < 4.78 is 5.18. The van der Waals surface area contributed by atoms with Crippen LogP contribution in [0.15, 0.2) is 30.3 Å². The minimum absolute atomic E-state index is 0.0631. The van der Waals surface area contributed by atoms with Gasteiger partial charge in [-0.3, -0.25) is 4.79 Å². The molecule has 23 heavy (non-hydrogen) atoms. The van der Waals surface area contributed by atoms with Crippen molar-refractivity contribution < 1.29 is 14.3 Å². The predicted molar refractivity (Wildman–Crippen MR) is 87.7 cm³/mol. The molecule has 0 radical (unpaired) electrons. The Labute approximate surface area is 137 Å². The molecule has 126 valence electrons. The van der Waals surface area contributed by atoms with Crippen LogP contribution < -0.4 is 11.1 Å². The van der Waals surface area contributed by atoms with Crippen LogP contribution in [-0.4, -0.2) is 42.6 Å². The zero-order valence-electron chi connectivity index (χ0n) is 13.4. The molecule has 1 atom stereocenters. The Morgan fingerprint density at radius 1 is 1.17 bits per heavy atom. The molecule has 0 spiro atoms. The molecule has 0 aromatic heterocycles. The number of carbonyl (C=O) groups excluding carboxylic acids is 2. The third-order valence-electron chi connectivity index (χ3n) is 3.93. The normalized spacial score (nSPS) is 15.8. The Kier molecular flexibility index (Phi) is 6.87. The van der Waals surface area contributed by atoms with Crippen LogP contribution in [0.2, 0.25) is 0 Å². The Bertz CT molecular complexity index is 501. The van der Waals surface area contributed by atoms with Crippen LogP contribution in [0, 0.1) is 0 Å². The molecule has 6 nitrogen and oxygen atoms in total. The molecule has 1 aliphatic heterocycles. The molecule has 1 saturated heterocycles. The van der Waals surface area contributed by atoms with E-state index in [0.717, 1.165) is 37.9 Å². The van der Waals surface area contributed by atoms with E-state index in [0.29, 0.717) is 13.0 Å².